The second kappa shape index (κ2) is 6.57. The van der Waals surface area contributed by atoms with Crippen molar-refractivity contribution < 1.29 is 9.50 Å². The van der Waals surface area contributed by atoms with E-state index in [9.17, 15) is 9.50 Å². The lowest BCUT2D eigenvalue weighted by Gasteiger charge is -2.28. The van der Waals surface area contributed by atoms with Crippen LogP contribution < -0.4 is 0 Å². The molecule has 0 fully saturated rings. The molecule has 0 saturated heterocycles. The molecular weight excluding hydrogens is 298 g/mol. The smallest absolute Gasteiger partial charge is 0.124 e. The van der Waals surface area contributed by atoms with Gasteiger partial charge in [-0.3, -0.25) is 0 Å². The summed E-state index contributed by atoms with van der Waals surface area (Å²) in [6.07, 6.45) is 0.690. The fourth-order valence-electron chi connectivity index (χ4n) is 2.22. The average molecular weight is 313 g/mol. The molecule has 0 bridgehead atoms. The molecule has 0 amide bonds. The Morgan fingerprint density at radius 2 is 1.80 bits per heavy atom. The van der Waals surface area contributed by atoms with E-state index in [-0.39, 0.29) is 5.82 Å². The molecule has 106 valence electrons. The molecule has 2 aromatic carbocycles. The number of alkyl halides is 1. The van der Waals surface area contributed by atoms with Gasteiger partial charge in [-0.05, 0) is 29.7 Å². The van der Waals surface area contributed by atoms with E-state index in [1.54, 1.807) is 6.07 Å². The lowest BCUT2D eigenvalue weighted by atomic mass is 9.85. The van der Waals surface area contributed by atoms with Crippen LogP contribution in [0.5, 0.6) is 0 Å². The zero-order valence-electron chi connectivity index (χ0n) is 10.8. The van der Waals surface area contributed by atoms with E-state index in [1.165, 1.54) is 12.1 Å². The molecule has 0 saturated carbocycles. The molecule has 1 atom stereocenters. The molecule has 1 unspecified atom stereocenters. The number of hydrogen-bond acceptors (Lipinski definition) is 1. The van der Waals surface area contributed by atoms with Gasteiger partial charge in [0, 0.05) is 17.3 Å². The molecule has 0 aromatic heterocycles. The van der Waals surface area contributed by atoms with Crippen molar-refractivity contribution >= 4 is 23.2 Å². The molecule has 1 nitrogen and oxygen atoms in total. The van der Waals surface area contributed by atoms with Crippen LogP contribution in [0.2, 0.25) is 5.02 Å². The lowest BCUT2D eigenvalue weighted by molar-refractivity contribution is 0.0336. The van der Waals surface area contributed by atoms with Gasteiger partial charge < -0.3 is 5.11 Å². The molecule has 1 N–H and O–H groups in total. The fourth-order valence-corrected chi connectivity index (χ4v) is 2.77. The highest BCUT2D eigenvalue weighted by atomic mass is 35.5. The first-order chi connectivity index (χ1) is 9.55. The summed E-state index contributed by atoms with van der Waals surface area (Å²) in [5, 5.41) is 11.2. The second-order valence-corrected chi connectivity index (χ2v) is 5.53. The minimum atomic E-state index is -1.11. The van der Waals surface area contributed by atoms with Gasteiger partial charge in [0.2, 0.25) is 0 Å². The van der Waals surface area contributed by atoms with E-state index in [0.717, 1.165) is 5.56 Å². The normalized spacial score (nSPS) is 14.0. The minimum Gasteiger partial charge on any atom is -0.385 e. The Kier molecular flexibility index (Phi) is 5.03. The molecule has 0 aliphatic heterocycles. The number of aliphatic hydroxyl groups is 1. The summed E-state index contributed by atoms with van der Waals surface area (Å²) >= 11 is 11.9. The van der Waals surface area contributed by atoms with Crippen LogP contribution in [0.3, 0.4) is 0 Å². The predicted molar refractivity (Wildman–Crippen MR) is 80.8 cm³/mol. The van der Waals surface area contributed by atoms with Gasteiger partial charge in [-0.2, -0.15) is 0 Å². The van der Waals surface area contributed by atoms with Crippen molar-refractivity contribution in [3.63, 3.8) is 0 Å². The largest absolute Gasteiger partial charge is 0.385 e. The Hall–Kier alpha value is -1.09. The number of halogens is 3. The quantitative estimate of drug-likeness (QED) is 0.804. The van der Waals surface area contributed by atoms with E-state index in [0.29, 0.717) is 29.3 Å². The summed E-state index contributed by atoms with van der Waals surface area (Å²) in [6, 6.07) is 13.5. The summed E-state index contributed by atoms with van der Waals surface area (Å²) in [7, 11) is 0. The maximum atomic E-state index is 13.1. The van der Waals surface area contributed by atoms with Crippen molar-refractivity contribution in [2.24, 2.45) is 0 Å². The van der Waals surface area contributed by atoms with E-state index >= 15 is 0 Å². The third-order valence-corrected chi connectivity index (χ3v) is 3.86. The van der Waals surface area contributed by atoms with Gasteiger partial charge in [-0.25, -0.2) is 4.39 Å². The minimum absolute atomic E-state index is 0.294. The van der Waals surface area contributed by atoms with Crippen LogP contribution in [0.1, 0.15) is 17.5 Å². The second-order valence-electron chi connectivity index (χ2n) is 4.75. The molecule has 0 aliphatic carbocycles. The van der Waals surface area contributed by atoms with Gasteiger partial charge in [0.05, 0.1) is 5.60 Å². The lowest BCUT2D eigenvalue weighted by Crippen LogP contribution is -2.29. The highest BCUT2D eigenvalue weighted by molar-refractivity contribution is 6.31. The number of rotatable bonds is 5. The topological polar surface area (TPSA) is 20.2 Å². The summed E-state index contributed by atoms with van der Waals surface area (Å²) in [4.78, 5) is 0. The van der Waals surface area contributed by atoms with Gasteiger partial charge in [-0.1, -0.05) is 48.0 Å². The Balaban J connectivity index is 2.34. The molecule has 4 heteroatoms. The molecule has 2 aromatic rings. The van der Waals surface area contributed by atoms with Crippen LogP contribution in [0.15, 0.2) is 48.5 Å². The molecular formula is C16H15Cl2FO. The van der Waals surface area contributed by atoms with Gasteiger partial charge in [0.15, 0.2) is 0 Å². The molecule has 2 rings (SSSR count). The highest BCUT2D eigenvalue weighted by Gasteiger charge is 2.29. The Bertz CT molecular complexity index is 574. The SMILES string of the molecule is OC(CCCl)(Cc1ccc(F)cc1Cl)c1ccccc1. The maximum Gasteiger partial charge on any atom is 0.124 e. The van der Waals surface area contributed by atoms with Crippen LogP contribution in [-0.4, -0.2) is 11.0 Å². The van der Waals surface area contributed by atoms with E-state index in [1.807, 2.05) is 30.3 Å². The third kappa shape index (κ3) is 3.51. The van der Waals surface area contributed by atoms with Crippen LogP contribution in [0, 0.1) is 5.82 Å². The van der Waals surface area contributed by atoms with E-state index < -0.39 is 5.60 Å². The van der Waals surface area contributed by atoms with E-state index in [4.69, 9.17) is 23.2 Å². The van der Waals surface area contributed by atoms with Crippen LogP contribution in [0.4, 0.5) is 4.39 Å². The van der Waals surface area contributed by atoms with Crippen molar-refractivity contribution in [1.82, 2.24) is 0 Å². The Morgan fingerprint density at radius 3 is 2.40 bits per heavy atom. The standard InChI is InChI=1S/C16H15Cl2FO/c17-9-8-16(20,13-4-2-1-3-5-13)11-12-6-7-14(19)10-15(12)18/h1-7,10,20H,8-9,11H2. The van der Waals surface area contributed by atoms with Gasteiger partial charge >= 0.3 is 0 Å². The summed E-state index contributed by atoms with van der Waals surface area (Å²) < 4.78 is 13.1. The molecule has 0 heterocycles. The molecule has 0 aliphatic rings. The maximum absolute atomic E-state index is 13.1. The third-order valence-electron chi connectivity index (χ3n) is 3.32. The van der Waals surface area contributed by atoms with Gasteiger partial charge in [0.25, 0.3) is 0 Å². The van der Waals surface area contributed by atoms with Crippen LogP contribution in [-0.2, 0) is 12.0 Å². The van der Waals surface area contributed by atoms with Gasteiger partial charge in [-0.15, -0.1) is 11.6 Å². The molecule has 20 heavy (non-hydrogen) atoms. The van der Waals surface area contributed by atoms with Crippen molar-refractivity contribution in [1.29, 1.82) is 0 Å². The fraction of sp³-hybridized carbons (Fsp3) is 0.250. The zero-order valence-corrected chi connectivity index (χ0v) is 12.3. The van der Waals surface area contributed by atoms with Crippen LogP contribution >= 0.6 is 23.2 Å². The number of benzene rings is 2. The summed E-state index contributed by atoms with van der Waals surface area (Å²) in [6.45, 7) is 0. The molecule has 0 radical (unpaired) electrons. The first-order valence-electron chi connectivity index (χ1n) is 6.33. The van der Waals surface area contributed by atoms with Crippen molar-refractivity contribution in [3.8, 4) is 0 Å². The number of hydrogen-bond donors (Lipinski definition) is 1. The van der Waals surface area contributed by atoms with Crippen molar-refractivity contribution in [3.05, 3.63) is 70.5 Å². The average Bonchev–Trinajstić information content (AvgIpc) is 2.43. The Labute approximate surface area is 128 Å². The highest BCUT2D eigenvalue weighted by Crippen LogP contribution is 2.32. The monoisotopic (exact) mass is 312 g/mol. The summed E-state index contributed by atoms with van der Waals surface area (Å²) in [5.41, 5.74) is 0.371. The zero-order chi connectivity index (χ0) is 14.6. The predicted octanol–water partition coefficient (Wildman–Crippen LogP) is 4.54. The van der Waals surface area contributed by atoms with Crippen LogP contribution in [0.25, 0.3) is 0 Å². The Morgan fingerprint density at radius 1 is 1.10 bits per heavy atom. The van der Waals surface area contributed by atoms with Crippen molar-refractivity contribution in [2.75, 3.05) is 5.88 Å². The van der Waals surface area contributed by atoms with Gasteiger partial charge in [0.1, 0.15) is 5.82 Å². The van der Waals surface area contributed by atoms with E-state index in [2.05, 4.69) is 0 Å². The van der Waals surface area contributed by atoms with Crippen molar-refractivity contribution in [2.45, 2.75) is 18.4 Å². The summed E-state index contributed by atoms with van der Waals surface area (Å²) in [5.74, 6) is -0.0659. The molecule has 0 spiro atoms. The first-order valence-corrected chi connectivity index (χ1v) is 7.24. The first kappa shape index (κ1) is 15.3.